The molecular weight excluding hydrogens is 274 g/mol. The van der Waals surface area contributed by atoms with Gasteiger partial charge in [0.1, 0.15) is 12.4 Å². The molecule has 1 aliphatic rings. The predicted molar refractivity (Wildman–Crippen MR) is 74.8 cm³/mol. The molecule has 0 aliphatic heterocycles. The van der Waals surface area contributed by atoms with Gasteiger partial charge in [-0.15, -0.1) is 0 Å². The molecular formula is C16H16F2N2O. The van der Waals surface area contributed by atoms with E-state index in [1.54, 1.807) is 24.3 Å². The van der Waals surface area contributed by atoms with Crippen LogP contribution < -0.4 is 10.1 Å². The van der Waals surface area contributed by atoms with Crippen molar-refractivity contribution in [2.45, 2.75) is 32.0 Å². The summed E-state index contributed by atoms with van der Waals surface area (Å²) in [5, 5.41) is 3.24. The molecule has 0 radical (unpaired) electrons. The van der Waals surface area contributed by atoms with Gasteiger partial charge >= 0.3 is 0 Å². The third kappa shape index (κ3) is 3.55. The van der Waals surface area contributed by atoms with Crippen molar-refractivity contribution in [1.29, 1.82) is 0 Å². The van der Waals surface area contributed by atoms with Crippen LogP contribution in [0, 0.1) is 11.6 Å². The number of aromatic nitrogens is 1. The number of nitrogens with zero attached hydrogens (tertiary/aromatic N) is 1. The Balaban J connectivity index is 1.67. The molecule has 3 nitrogen and oxygen atoms in total. The van der Waals surface area contributed by atoms with E-state index in [1.807, 2.05) is 0 Å². The fourth-order valence-electron chi connectivity index (χ4n) is 2.00. The number of rotatable bonds is 6. The first kappa shape index (κ1) is 13.9. The van der Waals surface area contributed by atoms with Crippen LogP contribution in [-0.2, 0) is 13.2 Å². The highest BCUT2D eigenvalue weighted by molar-refractivity contribution is 5.24. The molecule has 0 atom stereocenters. The van der Waals surface area contributed by atoms with Gasteiger partial charge in [-0.3, -0.25) is 0 Å². The van der Waals surface area contributed by atoms with Crippen molar-refractivity contribution in [3.63, 3.8) is 0 Å². The molecule has 1 fully saturated rings. The SMILES string of the molecule is Fc1ccccc1COc1nccc(CNC2CC2)c1F. The first-order valence-corrected chi connectivity index (χ1v) is 6.97. The van der Waals surface area contributed by atoms with Gasteiger partial charge < -0.3 is 10.1 Å². The van der Waals surface area contributed by atoms with Crippen LogP contribution >= 0.6 is 0 Å². The Labute approximate surface area is 122 Å². The Morgan fingerprint density at radius 1 is 1.14 bits per heavy atom. The van der Waals surface area contributed by atoms with Crippen LogP contribution in [0.2, 0.25) is 0 Å². The van der Waals surface area contributed by atoms with Crippen LogP contribution in [-0.4, -0.2) is 11.0 Å². The maximum Gasteiger partial charge on any atom is 0.251 e. The van der Waals surface area contributed by atoms with E-state index >= 15 is 0 Å². The number of benzene rings is 1. The minimum absolute atomic E-state index is 0.0455. The maximum atomic E-state index is 14.2. The molecule has 0 unspecified atom stereocenters. The molecule has 1 aromatic heterocycles. The summed E-state index contributed by atoms with van der Waals surface area (Å²) in [7, 11) is 0. The molecule has 21 heavy (non-hydrogen) atoms. The van der Waals surface area contributed by atoms with Crippen molar-refractivity contribution < 1.29 is 13.5 Å². The van der Waals surface area contributed by atoms with Crippen molar-refractivity contribution >= 4 is 0 Å². The smallest absolute Gasteiger partial charge is 0.251 e. The molecule has 0 bridgehead atoms. The Bertz CT molecular complexity index is 629. The van der Waals surface area contributed by atoms with Crippen LogP contribution in [0.3, 0.4) is 0 Å². The number of ether oxygens (including phenoxy) is 1. The van der Waals surface area contributed by atoms with E-state index in [-0.39, 0.29) is 18.3 Å². The standard InChI is InChI=1S/C16H16F2N2O/c17-14-4-2-1-3-12(14)10-21-16-15(18)11(7-8-19-16)9-20-13-5-6-13/h1-4,7-8,13,20H,5-6,9-10H2. The minimum atomic E-state index is -0.484. The first-order chi connectivity index (χ1) is 10.2. The lowest BCUT2D eigenvalue weighted by atomic mass is 10.2. The molecule has 1 saturated carbocycles. The van der Waals surface area contributed by atoms with Crippen LogP contribution in [0.25, 0.3) is 0 Å². The van der Waals surface area contributed by atoms with E-state index in [0.717, 1.165) is 12.8 Å². The Morgan fingerprint density at radius 3 is 2.71 bits per heavy atom. The molecule has 1 aromatic carbocycles. The van der Waals surface area contributed by atoms with Gasteiger partial charge in [0.25, 0.3) is 5.88 Å². The van der Waals surface area contributed by atoms with Crippen molar-refractivity contribution in [3.05, 3.63) is 59.3 Å². The maximum absolute atomic E-state index is 14.2. The Morgan fingerprint density at radius 2 is 1.95 bits per heavy atom. The summed E-state index contributed by atoms with van der Waals surface area (Å²) in [4.78, 5) is 3.88. The highest BCUT2D eigenvalue weighted by Crippen LogP contribution is 2.22. The first-order valence-electron chi connectivity index (χ1n) is 6.97. The van der Waals surface area contributed by atoms with E-state index in [4.69, 9.17) is 4.74 Å². The van der Waals surface area contributed by atoms with Crippen LogP contribution in [0.15, 0.2) is 36.5 Å². The van der Waals surface area contributed by atoms with Gasteiger partial charge in [-0.25, -0.2) is 13.8 Å². The van der Waals surface area contributed by atoms with E-state index in [9.17, 15) is 8.78 Å². The number of hydrogen-bond acceptors (Lipinski definition) is 3. The third-order valence-corrected chi connectivity index (χ3v) is 3.42. The van der Waals surface area contributed by atoms with Crippen molar-refractivity contribution in [1.82, 2.24) is 10.3 Å². The van der Waals surface area contributed by atoms with Gasteiger partial charge in [0.15, 0.2) is 5.82 Å². The second-order valence-electron chi connectivity index (χ2n) is 5.12. The second-order valence-corrected chi connectivity index (χ2v) is 5.12. The zero-order valence-corrected chi connectivity index (χ0v) is 11.5. The lowest BCUT2D eigenvalue weighted by Crippen LogP contribution is -2.16. The molecule has 5 heteroatoms. The third-order valence-electron chi connectivity index (χ3n) is 3.42. The molecule has 1 N–H and O–H groups in total. The van der Waals surface area contributed by atoms with Crippen molar-refractivity contribution in [3.8, 4) is 5.88 Å². The summed E-state index contributed by atoms with van der Waals surface area (Å²) >= 11 is 0. The quantitative estimate of drug-likeness (QED) is 0.887. The topological polar surface area (TPSA) is 34.1 Å². The second kappa shape index (κ2) is 6.18. The summed E-state index contributed by atoms with van der Waals surface area (Å²) in [5.41, 5.74) is 0.889. The normalized spacial score (nSPS) is 14.2. The van der Waals surface area contributed by atoms with Gasteiger partial charge in [-0.05, 0) is 25.0 Å². The average molecular weight is 290 g/mol. The monoisotopic (exact) mass is 290 g/mol. The van der Waals surface area contributed by atoms with Crippen LogP contribution in [0.5, 0.6) is 5.88 Å². The Hall–Kier alpha value is -2.01. The van der Waals surface area contributed by atoms with Gasteiger partial charge in [-0.1, -0.05) is 18.2 Å². The van der Waals surface area contributed by atoms with Gasteiger partial charge in [0.05, 0.1) is 0 Å². The van der Waals surface area contributed by atoms with Crippen LogP contribution in [0.1, 0.15) is 24.0 Å². The van der Waals surface area contributed by atoms with Crippen LogP contribution in [0.4, 0.5) is 8.78 Å². The number of hydrogen-bond donors (Lipinski definition) is 1. The molecule has 110 valence electrons. The number of pyridine rings is 1. The molecule has 3 rings (SSSR count). The van der Waals surface area contributed by atoms with Gasteiger partial charge in [-0.2, -0.15) is 0 Å². The average Bonchev–Trinajstić information content (AvgIpc) is 3.31. The van der Waals surface area contributed by atoms with Crippen molar-refractivity contribution in [2.75, 3.05) is 0 Å². The summed E-state index contributed by atoms with van der Waals surface area (Å²) < 4.78 is 33.0. The molecule has 2 aromatic rings. The fourth-order valence-corrected chi connectivity index (χ4v) is 2.00. The van der Waals surface area contributed by atoms with Gasteiger partial charge in [0.2, 0.25) is 0 Å². The largest absolute Gasteiger partial charge is 0.471 e. The highest BCUT2D eigenvalue weighted by Gasteiger charge is 2.21. The summed E-state index contributed by atoms with van der Waals surface area (Å²) in [6.45, 7) is 0.408. The molecule has 0 spiro atoms. The predicted octanol–water partition coefficient (Wildman–Crippen LogP) is 3.19. The Kier molecular flexibility index (Phi) is 4.10. The summed E-state index contributed by atoms with van der Waals surface area (Å²) in [6, 6.07) is 8.38. The molecule has 0 saturated heterocycles. The minimum Gasteiger partial charge on any atom is -0.471 e. The lowest BCUT2D eigenvalue weighted by molar-refractivity contribution is 0.271. The zero-order chi connectivity index (χ0) is 14.7. The molecule has 1 heterocycles. The highest BCUT2D eigenvalue weighted by atomic mass is 19.1. The number of halogens is 2. The lowest BCUT2D eigenvalue weighted by Gasteiger charge is -2.10. The van der Waals surface area contributed by atoms with E-state index in [1.165, 1.54) is 12.3 Å². The molecule has 1 aliphatic carbocycles. The number of nitrogens with one attached hydrogen (secondary N) is 1. The van der Waals surface area contributed by atoms with E-state index < -0.39 is 5.82 Å². The van der Waals surface area contributed by atoms with E-state index in [2.05, 4.69) is 10.3 Å². The molecule has 0 amide bonds. The summed E-state index contributed by atoms with van der Waals surface area (Å²) in [5.74, 6) is -0.945. The summed E-state index contributed by atoms with van der Waals surface area (Å²) in [6.07, 6.45) is 3.79. The zero-order valence-electron chi connectivity index (χ0n) is 11.5. The van der Waals surface area contributed by atoms with Gasteiger partial charge in [0, 0.05) is 29.9 Å². The fraction of sp³-hybridized carbons (Fsp3) is 0.312. The van der Waals surface area contributed by atoms with Crippen molar-refractivity contribution in [2.24, 2.45) is 0 Å². The van der Waals surface area contributed by atoms with E-state index in [0.29, 0.717) is 23.7 Å².